The number of nitrogens with one attached hydrogen (secondary N) is 1. The number of carbonyl (C=O) groups excluding carboxylic acids is 1. The molecule has 0 unspecified atom stereocenters. The second kappa shape index (κ2) is 6.70. The fraction of sp³-hybridized carbons (Fsp3) is 0.286. The van der Waals surface area contributed by atoms with Crippen molar-refractivity contribution in [3.05, 3.63) is 34.6 Å². The van der Waals surface area contributed by atoms with E-state index in [0.29, 0.717) is 0 Å². The summed E-state index contributed by atoms with van der Waals surface area (Å²) in [7, 11) is 0.115. The molecule has 130 valence electrons. The number of sulfonamides is 1. The quantitative estimate of drug-likeness (QED) is 0.804. The van der Waals surface area contributed by atoms with E-state index in [4.69, 9.17) is 16.3 Å². The van der Waals surface area contributed by atoms with Crippen LogP contribution in [0.2, 0.25) is 5.15 Å². The van der Waals surface area contributed by atoms with Crippen LogP contribution in [0.1, 0.15) is 16.1 Å². The van der Waals surface area contributed by atoms with Crippen molar-refractivity contribution in [2.75, 3.05) is 18.9 Å². The van der Waals surface area contributed by atoms with Crippen LogP contribution in [0.15, 0.2) is 23.1 Å². The van der Waals surface area contributed by atoms with Crippen LogP contribution in [0.5, 0.6) is 5.75 Å². The average molecular weight is 374 g/mol. The van der Waals surface area contributed by atoms with Crippen molar-refractivity contribution < 1.29 is 22.7 Å². The van der Waals surface area contributed by atoms with E-state index in [2.05, 4.69) is 14.6 Å². The molecule has 2 rings (SSSR count). The van der Waals surface area contributed by atoms with E-state index in [0.717, 1.165) is 0 Å². The molecule has 0 amide bonds. The largest absolute Gasteiger partial charge is 0.495 e. The van der Waals surface area contributed by atoms with Gasteiger partial charge in [-0.3, -0.25) is 9.40 Å². The Morgan fingerprint density at radius 3 is 2.50 bits per heavy atom. The van der Waals surface area contributed by atoms with E-state index in [9.17, 15) is 13.2 Å². The molecule has 0 spiro atoms. The van der Waals surface area contributed by atoms with E-state index >= 15 is 0 Å². The van der Waals surface area contributed by atoms with Crippen molar-refractivity contribution in [2.45, 2.75) is 11.8 Å². The maximum Gasteiger partial charge on any atom is 0.337 e. The molecule has 0 aliphatic carbocycles. The Morgan fingerprint density at radius 2 is 2.00 bits per heavy atom. The van der Waals surface area contributed by atoms with Gasteiger partial charge in [-0.15, -0.1) is 0 Å². The van der Waals surface area contributed by atoms with Gasteiger partial charge in [-0.25, -0.2) is 13.2 Å². The Morgan fingerprint density at radius 1 is 1.33 bits per heavy atom. The number of anilines is 1. The predicted octanol–water partition coefficient (Wildman–Crippen LogP) is 1.98. The first-order valence-corrected chi connectivity index (χ1v) is 8.55. The minimum absolute atomic E-state index is 0.0249. The normalized spacial score (nSPS) is 11.2. The van der Waals surface area contributed by atoms with Crippen molar-refractivity contribution in [1.29, 1.82) is 0 Å². The molecule has 0 radical (unpaired) electrons. The summed E-state index contributed by atoms with van der Waals surface area (Å²) in [5, 5.41) is 3.96. The monoisotopic (exact) mass is 373 g/mol. The zero-order valence-corrected chi connectivity index (χ0v) is 15.0. The number of methoxy groups -OCH3 is 2. The Labute approximate surface area is 144 Å². The van der Waals surface area contributed by atoms with E-state index in [1.165, 1.54) is 51.1 Å². The lowest BCUT2D eigenvalue weighted by Crippen LogP contribution is -2.15. The van der Waals surface area contributed by atoms with E-state index < -0.39 is 16.0 Å². The minimum Gasteiger partial charge on any atom is -0.495 e. The smallest absolute Gasteiger partial charge is 0.337 e. The molecule has 8 nitrogen and oxygen atoms in total. The van der Waals surface area contributed by atoms with Crippen LogP contribution in [0.25, 0.3) is 0 Å². The summed E-state index contributed by atoms with van der Waals surface area (Å²) < 4.78 is 38.7. The van der Waals surface area contributed by atoms with E-state index in [1.807, 2.05) is 0 Å². The molecule has 1 heterocycles. The molecule has 1 aromatic heterocycles. The molecule has 2 aromatic rings. The number of carbonyl (C=O) groups is 1. The predicted molar refractivity (Wildman–Crippen MR) is 88.1 cm³/mol. The number of aromatic nitrogens is 2. The van der Waals surface area contributed by atoms with Gasteiger partial charge in [0, 0.05) is 7.05 Å². The molecular formula is C14H16ClN3O5S. The number of nitrogens with zero attached hydrogens (tertiary/aromatic N) is 2. The first kappa shape index (κ1) is 18.1. The maximum absolute atomic E-state index is 12.7. The SMILES string of the molecule is COC(=O)c1ccc(OC)c(NS(=O)(=O)c2c(C)nn(C)c2Cl)c1. The average Bonchev–Trinajstić information content (AvgIpc) is 2.79. The third-order valence-corrected chi connectivity index (χ3v) is 5.29. The van der Waals surface area contributed by atoms with Crippen LogP contribution in [0, 0.1) is 6.92 Å². The highest BCUT2D eigenvalue weighted by Crippen LogP contribution is 2.31. The minimum atomic E-state index is -4.03. The number of halogens is 1. The van der Waals surface area contributed by atoms with Crippen molar-refractivity contribution >= 4 is 33.3 Å². The highest BCUT2D eigenvalue weighted by atomic mass is 35.5. The van der Waals surface area contributed by atoms with Crippen LogP contribution < -0.4 is 9.46 Å². The summed E-state index contributed by atoms with van der Waals surface area (Å²) in [6.45, 7) is 1.53. The van der Waals surface area contributed by atoms with E-state index in [1.54, 1.807) is 0 Å². The molecule has 0 aliphatic rings. The number of ether oxygens (including phenoxy) is 2. The number of esters is 1. The van der Waals surface area contributed by atoms with Gasteiger partial charge in [0.25, 0.3) is 10.0 Å². The standard InChI is InChI=1S/C14H16ClN3O5S/c1-8-12(13(15)18(2)16-8)24(20,21)17-10-7-9(14(19)23-4)5-6-11(10)22-3/h5-7,17H,1-4H3. The second-order valence-corrected chi connectivity index (χ2v) is 6.82. The number of rotatable bonds is 5. The topological polar surface area (TPSA) is 99.5 Å². The summed E-state index contributed by atoms with van der Waals surface area (Å²) in [4.78, 5) is 11.5. The maximum atomic E-state index is 12.7. The van der Waals surface area contributed by atoms with Crippen molar-refractivity contribution in [2.24, 2.45) is 7.05 Å². The molecule has 0 atom stereocenters. The molecule has 0 aliphatic heterocycles. The van der Waals surface area contributed by atoms with Gasteiger partial charge in [0.2, 0.25) is 0 Å². The van der Waals surface area contributed by atoms with Gasteiger partial charge in [0.1, 0.15) is 15.8 Å². The molecule has 0 saturated heterocycles. The van der Waals surface area contributed by atoms with Gasteiger partial charge in [0.05, 0.1) is 31.2 Å². The molecule has 24 heavy (non-hydrogen) atoms. The number of hydrogen-bond donors (Lipinski definition) is 1. The Kier molecular flexibility index (Phi) is 5.05. The molecular weight excluding hydrogens is 358 g/mol. The Hall–Kier alpha value is -2.26. The first-order valence-electron chi connectivity index (χ1n) is 6.69. The van der Waals surface area contributed by atoms with Crippen molar-refractivity contribution in [3.8, 4) is 5.75 Å². The first-order chi connectivity index (χ1) is 11.2. The summed E-state index contributed by atoms with van der Waals surface area (Å²) in [6.07, 6.45) is 0. The van der Waals surface area contributed by atoms with Gasteiger partial charge in [0.15, 0.2) is 0 Å². The lowest BCUT2D eigenvalue weighted by Gasteiger charge is -2.13. The van der Waals surface area contributed by atoms with Gasteiger partial charge < -0.3 is 9.47 Å². The van der Waals surface area contributed by atoms with Gasteiger partial charge >= 0.3 is 5.97 Å². The van der Waals surface area contributed by atoms with Crippen LogP contribution in [0.3, 0.4) is 0 Å². The van der Waals surface area contributed by atoms with Gasteiger partial charge in [-0.05, 0) is 25.1 Å². The molecule has 10 heteroatoms. The third kappa shape index (κ3) is 3.31. The van der Waals surface area contributed by atoms with E-state index in [-0.39, 0.29) is 32.7 Å². The number of aryl methyl sites for hydroxylation is 2. The summed E-state index contributed by atoms with van der Waals surface area (Å²) in [5.41, 5.74) is 0.503. The highest BCUT2D eigenvalue weighted by Gasteiger charge is 2.26. The van der Waals surface area contributed by atoms with Gasteiger partial charge in [-0.1, -0.05) is 11.6 Å². The van der Waals surface area contributed by atoms with Crippen LogP contribution in [-0.4, -0.2) is 38.4 Å². The van der Waals surface area contributed by atoms with Crippen molar-refractivity contribution in [1.82, 2.24) is 9.78 Å². The van der Waals surface area contributed by atoms with Crippen LogP contribution >= 0.6 is 11.6 Å². The second-order valence-electron chi connectivity index (χ2n) is 4.84. The summed E-state index contributed by atoms with van der Waals surface area (Å²) in [6, 6.07) is 4.24. The van der Waals surface area contributed by atoms with Crippen LogP contribution in [-0.2, 0) is 21.8 Å². The zero-order chi connectivity index (χ0) is 18.1. The Balaban J connectivity index is 2.51. The lowest BCUT2D eigenvalue weighted by atomic mass is 10.2. The molecule has 0 bridgehead atoms. The molecule has 0 saturated carbocycles. The number of benzene rings is 1. The highest BCUT2D eigenvalue weighted by molar-refractivity contribution is 7.92. The molecule has 0 fully saturated rings. The van der Waals surface area contributed by atoms with Crippen LogP contribution in [0.4, 0.5) is 5.69 Å². The molecule has 1 aromatic carbocycles. The summed E-state index contributed by atoms with van der Waals surface area (Å²) >= 11 is 6.02. The zero-order valence-electron chi connectivity index (χ0n) is 13.5. The fourth-order valence-electron chi connectivity index (χ4n) is 2.14. The summed E-state index contributed by atoms with van der Waals surface area (Å²) in [5.74, 6) is -0.363. The fourth-order valence-corrected chi connectivity index (χ4v) is 3.96. The van der Waals surface area contributed by atoms with Gasteiger partial charge in [-0.2, -0.15) is 5.10 Å². The Bertz CT molecular complexity index is 892. The third-order valence-electron chi connectivity index (χ3n) is 3.23. The number of hydrogen-bond acceptors (Lipinski definition) is 6. The lowest BCUT2D eigenvalue weighted by molar-refractivity contribution is 0.0600. The van der Waals surface area contributed by atoms with Crippen molar-refractivity contribution in [3.63, 3.8) is 0 Å². The molecule has 1 N–H and O–H groups in total.